The van der Waals surface area contributed by atoms with Gasteiger partial charge in [0.15, 0.2) is 0 Å². The van der Waals surface area contributed by atoms with Gasteiger partial charge in [0.25, 0.3) is 0 Å². The predicted molar refractivity (Wildman–Crippen MR) is 103 cm³/mol. The molecule has 2 aromatic rings. The number of amides is 1. The molecule has 6 nitrogen and oxygen atoms in total. The standard InChI is InChI=1S/C19H25N3O3S/c1-16(23)20-18-9-11-19(12-10-18)26(24,25)22(14-13-21(2)3)15-17-7-5-4-6-8-17/h4-12H,13-15H2,1-3H3,(H,20,23). The van der Waals surface area contributed by atoms with E-state index < -0.39 is 10.0 Å². The normalized spacial score (nSPS) is 11.7. The van der Waals surface area contributed by atoms with E-state index >= 15 is 0 Å². The summed E-state index contributed by atoms with van der Waals surface area (Å²) in [6.45, 7) is 2.73. The summed E-state index contributed by atoms with van der Waals surface area (Å²) in [7, 11) is 0.178. The molecular weight excluding hydrogens is 350 g/mol. The smallest absolute Gasteiger partial charge is 0.243 e. The van der Waals surface area contributed by atoms with E-state index in [0.717, 1.165) is 5.56 Å². The van der Waals surface area contributed by atoms with Gasteiger partial charge in [-0.2, -0.15) is 4.31 Å². The number of nitrogens with zero attached hydrogens (tertiary/aromatic N) is 2. The molecule has 0 aliphatic rings. The SMILES string of the molecule is CC(=O)Nc1ccc(S(=O)(=O)N(CCN(C)C)Cc2ccccc2)cc1. The highest BCUT2D eigenvalue weighted by atomic mass is 32.2. The summed E-state index contributed by atoms with van der Waals surface area (Å²) in [5, 5.41) is 2.64. The number of hydrogen-bond acceptors (Lipinski definition) is 4. The van der Waals surface area contributed by atoms with Crippen molar-refractivity contribution in [3.05, 3.63) is 60.2 Å². The molecule has 2 rings (SSSR count). The van der Waals surface area contributed by atoms with Crippen LogP contribution >= 0.6 is 0 Å². The summed E-state index contributed by atoms with van der Waals surface area (Å²) in [6.07, 6.45) is 0. The molecule has 0 aliphatic carbocycles. The molecule has 0 heterocycles. The van der Waals surface area contributed by atoms with Crippen molar-refractivity contribution < 1.29 is 13.2 Å². The van der Waals surface area contributed by atoms with Gasteiger partial charge in [0.2, 0.25) is 15.9 Å². The lowest BCUT2D eigenvalue weighted by Gasteiger charge is -2.24. The zero-order valence-corrected chi connectivity index (χ0v) is 16.2. The number of benzene rings is 2. The van der Waals surface area contributed by atoms with E-state index in [4.69, 9.17) is 0 Å². The minimum Gasteiger partial charge on any atom is -0.326 e. The van der Waals surface area contributed by atoms with Crippen LogP contribution in [0.5, 0.6) is 0 Å². The molecule has 140 valence electrons. The molecule has 2 aromatic carbocycles. The van der Waals surface area contributed by atoms with Crippen molar-refractivity contribution in [3.8, 4) is 0 Å². The fourth-order valence-electron chi connectivity index (χ4n) is 2.45. The summed E-state index contributed by atoms with van der Waals surface area (Å²) in [6, 6.07) is 15.8. The third kappa shape index (κ3) is 5.66. The lowest BCUT2D eigenvalue weighted by Crippen LogP contribution is -2.36. The number of nitrogens with one attached hydrogen (secondary N) is 1. The van der Waals surface area contributed by atoms with E-state index in [9.17, 15) is 13.2 Å². The first-order valence-corrected chi connectivity index (χ1v) is 9.79. The molecule has 0 fully saturated rings. The van der Waals surface area contributed by atoms with Crippen molar-refractivity contribution in [2.45, 2.75) is 18.4 Å². The van der Waals surface area contributed by atoms with Crippen LogP contribution in [0.2, 0.25) is 0 Å². The Morgan fingerprint density at radius 1 is 0.962 bits per heavy atom. The Hall–Kier alpha value is -2.22. The van der Waals surface area contributed by atoms with Gasteiger partial charge in [-0.3, -0.25) is 4.79 Å². The van der Waals surface area contributed by atoms with Crippen LogP contribution < -0.4 is 5.32 Å². The van der Waals surface area contributed by atoms with Crippen LogP contribution in [0.25, 0.3) is 0 Å². The fraction of sp³-hybridized carbons (Fsp3) is 0.316. The lowest BCUT2D eigenvalue weighted by molar-refractivity contribution is -0.114. The number of anilines is 1. The zero-order chi connectivity index (χ0) is 19.2. The third-order valence-corrected chi connectivity index (χ3v) is 5.67. The van der Waals surface area contributed by atoms with E-state index in [1.165, 1.54) is 23.4 Å². The molecule has 1 N–H and O–H groups in total. The summed E-state index contributed by atoms with van der Waals surface area (Å²) >= 11 is 0. The molecule has 0 unspecified atom stereocenters. The van der Waals surface area contributed by atoms with Gasteiger partial charge in [0, 0.05) is 32.2 Å². The minimum atomic E-state index is -3.65. The Labute approximate surface area is 155 Å². The monoisotopic (exact) mass is 375 g/mol. The first kappa shape index (κ1) is 20.1. The van der Waals surface area contributed by atoms with Gasteiger partial charge in [0.1, 0.15) is 0 Å². The van der Waals surface area contributed by atoms with Crippen molar-refractivity contribution in [2.75, 3.05) is 32.5 Å². The number of hydrogen-bond donors (Lipinski definition) is 1. The average molecular weight is 375 g/mol. The van der Waals surface area contributed by atoms with Crippen molar-refractivity contribution >= 4 is 21.6 Å². The zero-order valence-electron chi connectivity index (χ0n) is 15.3. The number of carbonyl (C=O) groups excluding carboxylic acids is 1. The van der Waals surface area contributed by atoms with Crippen LogP contribution in [0.3, 0.4) is 0 Å². The van der Waals surface area contributed by atoms with Crippen molar-refractivity contribution in [3.63, 3.8) is 0 Å². The third-order valence-electron chi connectivity index (χ3n) is 3.81. The van der Waals surface area contributed by atoms with Crippen LogP contribution in [-0.4, -0.2) is 50.7 Å². The summed E-state index contributed by atoms with van der Waals surface area (Å²) < 4.78 is 27.7. The van der Waals surface area contributed by atoms with Gasteiger partial charge < -0.3 is 10.2 Å². The Morgan fingerprint density at radius 2 is 1.58 bits per heavy atom. The van der Waals surface area contributed by atoms with Crippen LogP contribution in [0, 0.1) is 0 Å². The van der Waals surface area contributed by atoms with Crippen LogP contribution in [-0.2, 0) is 21.4 Å². The van der Waals surface area contributed by atoms with Crippen LogP contribution in [0.15, 0.2) is 59.5 Å². The number of sulfonamides is 1. The largest absolute Gasteiger partial charge is 0.326 e. The van der Waals surface area contributed by atoms with Gasteiger partial charge in [-0.15, -0.1) is 0 Å². The second kappa shape index (κ2) is 8.93. The maximum absolute atomic E-state index is 13.1. The Morgan fingerprint density at radius 3 is 2.12 bits per heavy atom. The summed E-state index contributed by atoms with van der Waals surface area (Å²) in [5.74, 6) is -0.197. The van der Waals surface area contributed by atoms with Gasteiger partial charge >= 0.3 is 0 Å². The Bertz CT molecular complexity index is 819. The maximum Gasteiger partial charge on any atom is 0.243 e. The summed E-state index contributed by atoms with van der Waals surface area (Å²) in [5.41, 5.74) is 1.50. The van der Waals surface area contributed by atoms with E-state index in [0.29, 0.717) is 25.3 Å². The van der Waals surface area contributed by atoms with Crippen molar-refractivity contribution in [1.29, 1.82) is 0 Å². The van der Waals surface area contributed by atoms with E-state index in [1.807, 2.05) is 49.3 Å². The lowest BCUT2D eigenvalue weighted by atomic mass is 10.2. The van der Waals surface area contributed by atoms with E-state index in [-0.39, 0.29) is 10.8 Å². The molecule has 0 bridgehead atoms. The highest BCUT2D eigenvalue weighted by Gasteiger charge is 2.24. The molecule has 0 aromatic heterocycles. The first-order chi connectivity index (χ1) is 12.3. The number of rotatable bonds is 8. The van der Waals surface area contributed by atoms with Gasteiger partial charge in [-0.1, -0.05) is 30.3 Å². The maximum atomic E-state index is 13.1. The Balaban J connectivity index is 2.27. The first-order valence-electron chi connectivity index (χ1n) is 8.35. The molecule has 0 aliphatic heterocycles. The fourth-order valence-corrected chi connectivity index (χ4v) is 3.86. The van der Waals surface area contributed by atoms with Gasteiger partial charge in [-0.05, 0) is 43.9 Å². The predicted octanol–water partition coefficient (Wildman–Crippen LogP) is 2.40. The van der Waals surface area contributed by atoms with Crippen LogP contribution in [0.4, 0.5) is 5.69 Å². The number of carbonyl (C=O) groups is 1. The average Bonchev–Trinajstić information content (AvgIpc) is 2.59. The molecular formula is C19H25N3O3S. The molecule has 26 heavy (non-hydrogen) atoms. The molecule has 7 heteroatoms. The molecule has 0 atom stereocenters. The number of likely N-dealkylation sites (N-methyl/N-ethyl adjacent to an activating group) is 1. The van der Waals surface area contributed by atoms with E-state index in [2.05, 4.69) is 5.32 Å². The van der Waals surface area contributed by atoms with E-state index in [1.54, 1.807) is 12.1 Å². The second-order valence-corrected chi connectivity index (χ2v) is 8.27. The second-order valence-electron chi connectivity index (χ2n) is 6.33. The van der Waals surface area contributed by atoms with Gasteiger partial charge in [-0.25, -0.2) is 8.42 Å². The van der Waals surface area contributed by atoms with Crippen molar-refractivity contribution in [2.24, 2.45) is 0 Å². The highest BCUT2D eigenvalue weighted by molar-refractivity contribution is 7.89. The Kier molecular flexibility index (Phi) is 6.90. The highest BCUT2D eigenvalue weighted by Crippen LogP contribution is 2.20. The quantitative estimate of drug-likeness (QED) is 0.769. The van der Waals surface area contributed by atoms with Gasteiger partial charge in [0.05, 0.1) is 4.90 Å². The summed E-state index contributed by atoms with van der Waals surface area (Å²) in [4.78, 5) is 13.3. The topological polar surface area (TPSA) is 69.7 Å². The van der Waals surface area contributed by atoms with Crippen LogP contribution in [0.1, 0.15) is 12.5 Å². The molecule has 1 amide bonds. The molecule has 0 spiro atoms. The molecule has 0 saturated heterocycles. The molecule has 0 radical (unpaired) electrons. The molecule has 0 saturated carbocycles. The minimum absolute atomic E-state index is 0.197. The van der Waals surface area contributed by atoms with Crippen molar-refractivity contribution in [1.82, 2.24) is 9.21 Å².